The molecular weight excluding hydrogens is 325 g/mol. The molecule has 0 aromatic heterocycles. The number of alkyl halides is 2. The summed E-state index contributed by atoms with van der Waals surface area (Å²) >= 11 is 5.52. The summed E-state index contributed by atoms with van der Waals surface area (Å²) in [4.78, 5) is 0. The topological polar surface area (TPSA) is 9.23 Å². The number of aryl methyl sites for hydroxylation is 1. The van der Waals surface area contributed by atoms with Crippen molar-refractivity contribution in [2.45, 2.75) is 25.9 Å². The predicted octanol–water partition coefficient (Wildman–Crippen LogP) is 6.12. The Bertz CT molecular complexity index is 681. The molecule has 0 spiro atoms. The summed E-state index contributed by atoms with van der Waals surface area (Å²) < 4.78 is 46.2. The molecule has 0 aliphatic heterocycles. The molecule has 0 radical (unpaired) electrons. The van der Waals surface area contributed by atoms with Gasteiger partial charge in [0, 0.05) is 6.07 Å². The fourth-order valence-corrected chi connectivity index (χ4v) is 2.15. The van der Waals surface area contributed by atoms with E-state index in [0.717, 1.165) is 24.5 Å². The molecule has 122 valence electrons. The van der Waals surface area contributed by atoms with Crippen LogP contribution in [0.25, 0.3) is 0 Å². The van der Waals surface area contributed by atoms with Crippen LogP contribution in [0, 0.1) is 5.82 Å². The van der Waals surface area contributed by atoms with E-state index in [-0.39, 0.29) is 16.3 Å². The number of hydrogen-bond donors (Lipinski definition) is 0. The van der Waals surface area contributed by atoms with Crippen LogP contribution in [0.1, 0.15) is 24.5 Å². The van der Waals surface area contributed by atoms with E-state index in [4.69, 9.17) is 11.6 Å². The van der Waals surface area contributed by atoms with Crippen molar-refractivity contribution in [2.24, 2.45) is 0 Å². The number of benzene rings is 2. The molecule has 2 aromatic carbocycles. The van der Waals surface area contributed by atoms with Gasteiger partial charge in [-0.3, -0.25) is 0 Å². The smallest absolute Gasteiger partial charge is 0.426 e. The van der Waals surface area contributed by atoms with Gasteiger partial charge in [-0.15, -0.1) is 0 Å². The standard InChI is InChI=1S/C18H16ClF3O/c1-2-3-4-5-13-6-8-14(9-7-13)18(21,22)23-15-10-11-16(19)17(20)12-15/h2-3,6-12H,4-5H2,1H3/b3-2+. The zero-order valence-electron chi connectivity index (χ0n) is 12.5. The van der Waals surface area contributed by atoms with Crippen LogP contribution in [0.3, 0.4) is 0 Å². The predicted molar refractivity (Wildman–Crippen MR) is 85.5 cm³/mol. The van der Waals surface area contributed by atoms with Crippen molar-refractivity contribution in [2.75, 3.05) is 0 Å². The molecule has 0 aliphatic rings. The molecule has 0 amide bonds. The van der Waals surface area contributed by atoms with E-state index in [1.54, 1.807) is 12.1 Å². The Balaban J connectivity index is 2.10. The molecule has 0 saturated heterocycles. The Labute approximate surface area is 138 Å². The first kappa shape index (κ1) is 17.4. The lowest BCUT2D eigenvalue weighted by Crippen LogP contribution is -2.21. The first-order valence-corrected chi connectivity index (χ1v) is 7.52. The molecule has 0 fully saturated rings. The average molecular weight is 341 g/mol. The summed E-state index contributed by atoms with van der Waals surface area (Å²) in [5.74, 6) is -1.09. The van der Waals surface area contributed by atoms with Crippen molar-refractivity contribution in [1.82, 2.24) is 0 Å². The van der Waals surface area contributed by atoms with Crippen molar-refractivity contribution in [3.8, 4) is 5.75 Å². The van der Waals surface area contributed by atoms with Gasteiger partial charge in [0.25, 0.3) is 0 Å². The maximum atomic E-state index is 14.1. The maximum Gasteiger partial charge on any atom is 0.426 e. The van der Waals surface area contributed by atoms with E-state index in [0.29, 0.717) is 0 Å². The minimum atomic E-state index is -3.55. The van der Waals surface area contributed by atoms with Crippen LogP contribution in [0.4, 0.5) is 13.2 Å². The summed E-state index contributed by atoms with van der Waals surface area (Å²) in [7, 11) is 0. The van der Waals surface area contributed by atoms with Crippen LogP contribution in [0.2, 0.25) is 5.02 Å². The van der Waals surface area contributed by atoms with E-state index in [1.165, 1.54) is 24.3 Å². The van der Waals surface area contributed by atoms with Gasteiger partial charge < -0.3 is 4.74 Å². The molecule has 0 bridgehead atoms. The molecule has 23 heavy (non-hydrogen) atoms. The molecule has 1 nitrogen and oxygen atoms in total. The van der Waals surface area contributed by atoms with Gasteiger partial charge in [-0.05, 0) is 49.6 Å². The lowest BCUT2D eigenvalue weighted by atomic mass is 10.1. The lowest BCUT2D eigenvalue weighted by Gasteiger charge is -2.18. The summed E-state index contributed by atoms with van der Waals surface area (Å²) in [6.45, 7) is 1.93. The summed E-state index contributed by atoms with van der Waals surface area (Å²) in [5.41, 5.74) is 0.669. The number of ether oxygens (including phenoxy) is 1. The lowest BCUT2D eigenvalue weighted by molar-refractivity contribution is -0.185. The van der Waals surface area contributed by atoms with Gasteiger partial charge in [0.05, 0.1) is 10.6 Å². The highest BCUT2D eigenvalue weighted by molar-refractivity contribution is 6.30. The molecule has 2 rings (SSSR count). The SMILES string of the molecule is C/C=C/CCc1ccc(C(F)(F)Oc2ccc(Cl)c(F)c2)cc1. The van der Waals surface area contributed by atoms with Gasteiger partial charge in [0.2, 0.25) is 0 Å². The Morgan fingerprint density at radius 2 is 1.83 bits per heavy atom. The van der Waals surface area contributed by atoms with Gasteiger partial charge in [0.1, 0.15) is 11.6 Å². The second-order valence-electron chi connectivity index (χ2n) is 5.00. The molecular formula is C18H16ClF3O. The van der Waals surface area contributed by atoms with Crippen LogP contribution in [-0.4, -0.2) is 0 Å². The maximum absolute atomic E-state index is 14.1. The summed E-state index contributed by atoms with van der Waals surface area (Å²) in [6.07, 6.45) is 2.04. The minimum Gasteiger partial charge on any atom is -0.429 e. The zero-order chi connectivity index (χ0) is 16.9. The Kier molecular flexibility index (Phi) is 5.72. The van der Waals surface area contributed by atoms with Crippen LogP contribution in [-0.2, 0) is 12.5 Å². The molecule has 5 heteroatoms. The van der Waals surface area contributed by atoms with Crippen molar-refractivity contribution >= 4 is 11.6 Å². The van der Waals surface area contributed by atoms with Crippen molar-refractivity contribution in [3.05, 3.63) is 76.6 Å². The second kappa shape index (κ2) is 7.55. The van der Waals surface area contributed by atoms with Gasteiger partial charge in [-0.25, -0.2) is 4.39 Å². The van der Waals surface area contributed by atoms with E-state index in [2.05, 4.69) is 4.74 Å². The third-order valence-corrected chi connectivity index (χ3v) is 3.57. The van der Waals surface area contributed by atoms with E-state index >= 15 is 0 Å². The summed E-state index contributed by atoms with van der Waals surface area (Å²) in [6, 6.07) is 9.12. The molecule has 0 atom stereocenters. The number of allylic oxidation sites excluding steroid dienone is 2. The van der Waals surface area contributed by atoms with E-state index in [9.17, 15) is 13.2 Å². The van der Waals surface area contributed by atoms with Crippen molar-refractivity contribution in [3.63, 3.8) is 0 Å². The highest BCUT2D eigenvalue weighted by Gasteiger charge is 2.34. The van der Waals surface area contributed by atoms with Crippen LogP contribution in [0.5, 0.6) is 5.75 Å². The quantitative estimate of drug-likeness (QED) is 0.576. The summed E-state index contributed by atoms with van der Waals surface area (Å²) in [5, 5.41) is -0.147. The third kappa shape index (κ3) is 4.76. The molecule has 0 N–H and O–H groups in total. The monoisotopic (exact) mass is 340 g/mol. The molecule has 0 heterocycles. The van der Waals surface area contributed by atoms with Crippen LogP contribution >= 0.6 is 11.6 Å². The van der Waals surface area contributed by atoms with Crippen molar-refractivity contribution < 1.29 is 17.9 Å². The van der Waals surface area contributed by atoms with Crippen molar-refractivity contribution in [1.29, 1.82) is 0 Å². The Morgan fingerprint density at radius 3 is 2.43 bits per heavy atom. The number of hydrogen-bond acceptors (Lipinski definition) is 1. The van der Waals surface area contributed by atoms with Gasteiger partial charge in [0.15, 0.2) is 0 Å². The Hall–Kier alpha value is -1.94. The van der Waals surface area contributed by atoms with Gasteiger partial charge in [-0.2, -0.15) is 8.78 Å². The first-order valence-electron chi connectivity index (χ1n) is 7.15. The average Bonchev–Trinajstić information content (AvgIpc) is 2.51. The number of rotatable bonds is 6. The van der Waals surface area contributed by atoms with Crippen LogP contribution < -0.4 is 4.74 Å². The van der Waals surface area contributed by atoms with E-state index < -0.39 is 11.9 Å². The normalized spacial score (nSPS) is 11.9. The van der Waals surface area contributed by atoms with Gasteiger partial charge in [-0.1, -0.05) is 35.9 Å². The minimum absolute atomic E-state index is 0.147. The molecule has 0 aliphatic carbocycles. The largest absolute Gasteiger partial charge is 0.429 e. The van der Waals surface area contributed by atoms with Gasteiger partial charge >= 0.3 is 6.11 Å². The Morgan fingerprint density at radius 1 is 1.13 bits per heavy atom. The fourth-order valence-electron chi connectivity index (χ4n) is 2.03. The second-order valence-corrected chi connectivity index (χ2v) is 5.41. The fraction of sp³-hybridized carbons (Fsp3) is 0.222. The first-order chi connectivity index (χ1) is 10.9. The molecule has 2 aromatic rings. The third-order valence-electron chi connectivity index (χ3n) is 3.26. The highest BCUT2D eigenvalue weighted by atomic mass is 35.5. The molecule has 0 unspecified atom stereocenters. The van der Waals surface area contributed by atoms with E-state index in [1.807, 2.05) is 19.1 Å². The molecule has 0 saturated carbocycles. The zero-order valence-corrected chi connectivity index (χ0v) is 13.3. The highest BCUT2D eigenvalue weighted by Crippen LogP contribution is 2.33. The van der Waals surface area contributed by atoms with Crippen LogP contribution in [0.15, 0.2) is 54.6 Å². The number of halogens is 4.